The Bertz CT molecular complexity index is 1020. The number of hydrogen-bond acceptors (Lipinski definition) is 5. The van der Waals surface area contributed by atoms with Gasteiger partial charge in [-0.3, -0.25) is 14.6 Å². The summed E-state index contributed by atoms with van der Waals surface area (Å²) in [6.07, 6.45) is 5.30. The highest BCUT2D eigenvalue weighted by Crippen LogP contribution is 2.31. The maximum atomic E-state index is 12.4. The second-order valence-electron chi connectivity index (χ2n) is 6.70. The van der Waals surface area contributed by atoms with Gasteiger partial charge in [0.25, 0.3) is 0 Å². The van der Waals surface area contributed by atoms with E-state index in [-0.39, 0.29) is 11.8 Å². The quantitative estimate of drug-likeness (QED) is 0.719. The number of anilines is 2. The van der Waals surface area contributed by atoms with Crippen molar-refractivity contribution in [3.8, 4) is 10.6 Å². The van der Waals surface area contributed by atoms with E-state index in [2.05, 4.69) is 15.3 Å². The minimum Gasteiger partial charge on any atom is -0.326 e. The molecule has 6 nitrogen and oxygen atoms in total. The minimum absolute atomic E-state index is 0.0233. The van der Waals surface area contributed by atoms with Gasteiger partial charge < -0.3 is 10.2 Å². The Hall–Kier alpha value is -3.06. The van der Waals surface area contributed by atoms with Crippen LogP contribution in [0.2, 0.25) is 0 Å². The van der Waals surface area contributed by atoms with E-state index < -0.39 is 0 Å². The average Bonchev–Trinajstić information content (AvgIpc) is 3.34. The molecule has 1 aliphatic heterocycles. The van der Waals surface area contributed by atoms with Crippen molar-refractivity contribution in [2.24, 2.45) is 0 Å². The third-order valence-corrected chi connectivity index (χ3v) is 5.65. The monoisotopic (exact) mass is 392 g/mol. The first-order chi connectivity index (χ1) is 13.6. The van der Waals surface area contributed by atoms with Gasteiger partial charge >= 0.3 is 0 Å². The smallest absolute Gasteiger partial charge is 0.224 e. The van der Waals surface area contributed by atoms with Crippen LogP contribution in [-0.4, -0.2) is 28.3 Å². The largest absolute Gasteiger partial charge is 0.326 e. The lowest BCUT2D eigenvalue weighted by molar-refractivity contribution is -0.117. The van der Waals surface area contributed by atoms with Gasteiger partial charge in [-0.05, 0) is 42.7 Å². The van der Waals surface area contributed by atoms with Crippen molar-refractivity contribution in [2.45, 2.75) is 26.2 Å². The molecule has 0 bridgehead atoms. The number of rotatable bonds is 5. The highest BCUT2D eigenvalue weighted by Gasteiger charge is 2.22. The molecule has 0 atom stereocenters. The van der Waals surface area contributed by atoms with E-state index in [0.717, 1.165) is 33.9 Å². The van der Waals surface area contributed by atoms with Gasteiger partial charge in [-0.1, -0.05) is 6.07 Å². The van der Waals surface area contributed by atoms with Crippen LogP contribution >= 0.6 is 11.3 Å². The van der Waals surface area contributed by atoms with E-state index in [0.29, 0.717) is 25.1 Å². The Labute approximate surface area is 167 Å². The Morgan fingerprint density at radius 1 is 1.29 bits per heavy atom. The van der Waals surface area contributed by atoms with Crippen LogP contribution in [0.15, 0.2) is 48.1 Å². The summed E-state index contributed by atoms with van der Waals surface area (Å²) in [6, 6.07) is 9.61. The maximum Gasteiger partial charge on any atom is 0.224 e. The summed E-state index contributed by atoms with van der Waals surface area (Å²) >= 11 is 1.55. The van der Waals surface area contributed by atoms with E-state index in [1.807, 2.05) is 35.7 Å². The predicted octanol–water partition coefficient (Wildman–Crippen LogP) is 3.69. The van der Waals surface area contributed by atoms with Crippen LogP contribution in [-0.2, 0) is 22.4 Å². The number of nitrogens with zero attached hydrogens (tertiary/aromatic N) is 3. The molecule has 3 aromatic rings. The summed E-state index contributed by atoms with van der Waals surface area (Å²) in [5.41, 5.74) is 4.63. The number of thiazole rings is 1. The molecule has 0 fully saturated rings. The predicted molar refractivity (Wildman–Crippen MR) is 110 cm³/mol. The zero-order valence-corrected chi connectivity index (χ0v) is 16.3. The number of aromatic nitrogens is 2. The summed E-state index contributed by atoms with van der Waals surface area (Å²) in [6.45, 7) is 2.26. The fourth-order valence-electron chi connectivity index (χ4n) is 3.29. The van der Waals surface area contributed by atoms with Crippen LogP contribution in [0.1, 0.15) is 24.6 Å². The van der Waals surface area contributed by atoms with E-state index in [9.17, 15) is 9.59 Å². The SMILES string of the molecule is CC(=O)N1CCc2ccc(NC(=O)CCc3csc(-c4cccnc4)n3)cc21. The van der Waals surface area contributed by atoms with Crippen LogP contribution in [0.5, 0.6) is 0 Å². The molecule has 1 N–H and O–H groups in total. The first-order valence-corrected chi connectivity index (χ1v) is 10.0. The molecule has 2 aromatic heterocycles. The molecule has 7 heteroatoms. The van der Waals surface area contributed by atoms with Crippen LogP contribution in [0.4, 0.5) is 11.4 Å². The molecule has 3 heterocycles. The van der Waals surface area contributed by atoms with Gasteiger partial charge in [0.05, 0.1) is 5.69 Å². The third-order valence-electron chi connectivity index (χ3n) is 4.71. The molecule has 0 spiro atoms. The van der Waals surface area contributed by atoms with Crippen LogP contribution in [0.25, 0.3) is 10.6 Å². The number of fused-ring (bicyclic) bond motifs is 1. The van der Waals surface area contributed by atoms with Crippen LogP contribution in [0, 0.1) is 0 Å². The number of carbonyl (C=O) groups excluding carboxylic acids is 2. The molecule has 4 rings (SSSR count). The molecule has 0 saturated heterocycles. The van der Waals surface area contributed by atoms with Gasteiger partial charge in [0.2, 0.25) is 11.8 Å². The van der Waals surface area contributed by atoms with Gasteiger partial charge in [0.1, 0.15) is 5.01 Å². The molecule has 2 amide bonds. The van der Waals surface area contributed by atoms with Gasteiger partial charge in [-0.25, -0.2) is 4.98 Å². The van der Waals surface area contributed by atoms with Gasteiger partial charge in [-0.15, -0.1) is 11.3 Å². The number of amides is 2. The number of aryl methyl sites for hydroxylation is 1. The normalized spacial score (nSPS) is 12.7. The van der Waals surface area contributed by atoms with E-state index in [1.54, 1.807) is 35.6 Å². The third kappa shape index (κ3) is 3.94. The van der Waals surface area contributed by atoms with Crippen LogP contribution < -0.4 is 10.2 Å². The lowest BCUT2D eigenvalue weighted by Crippen LogP contribution is -2.25. The summed E-state index contributed by atoms with van der Waals surface area (Å²) < 4.78 is 0. The zero-order chi connectivity index (χ0) is 19.5. The molecular formula is C21H20N4O2S. The standard InChI is InChI=1S/C21H20N4O2S/c1-14(26)25-10-8-15-4-5-17(11-19(15)25)23-20(27)7-6-18-13-28-21(24-18)16-3-2-9-22-12-16/h2-5,9,11-13H,6-8,10H2,1H3,(H,23,27). The van der Waals surface area contributed by atoms with Crippen LogP contribution in [0.3, 0.4) is 0 Å². The van der Waals surface area contributed by atoms with Crippen molar-refractivity contribution >= 4 is 34.5 Å². The molecule has 0 aliphatic carbocycles. The van der Waals surface area contributed by atoms with Gasteiger partial charge in [0, 0.05) is 54.6 Å². The topological polar surface area (TPSA) is 75.2 Å². The Morgan fingerprint density at radius 3 is 2.96 bits per heavy atom. The number of pyridine rings is 1. The lowest BCUT2D eigenvalue weighted by Gasteiger charge is -2.15. The van der Waals surface area contributed by atoms with E-state index >= 15 is 0 Å². The Morgan fingerprint density at radius 2 is 2.18 bits per heavy atom. The number of benzene rings is 1. The summed E-state index contributed by atoms with van der Waals surface area (Å²) in [7, 11) is 0. The fourth-order valence-corrected chi connectivity index (χ4v) is 4.14. The number of hydrogen-bond donors (Lipinski definition) is 1. The zero-order valence-electron chi connectivity index (χ0n) is 15.5. The average molecular weight is 392 g/mol. The molecule has 142 valence electrons. The van der Waals surface area contributed by atoms with Crippen molar-refractivity contribution in [3.05, 3.63) is 59.4 Å². The molecule has 0 saturated carbocycles. The number of carbonyl (C=O) groups is 2. The molecule has 1 aromatic carbocycles. The highest BCUT2D eigenvalue weighted by atomic mass is 32.1. The summed E-state index contributed by atoms with van der Waals surface area (Å²) in [5.74, 6) is -0.0431. The Kier molecular flexibility index (Phi) is 5.16. The van der Waals surface area contributed by atoms with Crippen molar-refractivity contribution in [2.75, 3.05) is 16.8 Å². The molecular weight excluding hydrogens is 372 g/mol. The van der Waals surface area contributed by atoms with E-state index in [4.69, 9.17) is 0 Å². The van der Waals surface area contributed by atoms with Crippen molar-refractivity contribution in [1.29, 1.82) is 0 Å². The minimum atomic E-state index is -0.0664. The van der Waals surface area contributed by atoms with Crippen molar-refractivity contribution in [1.82, 2.24) is 9.97 Å². The molecule has 0 radical (unpaired) electrons. The molecule has 1 aliphatic rings. The van der Waals surface area contributed by atoms with Gasteiger partial charge in [-0.2, -0.15) is 0 Å². The molecule has 0 unspecified atom stereocenters. The second-order valence-corrected chi connectivity index (χ2v) is 7.56. The molecule has 28 heavy (non-hydrogen) atoms. The first kappa shape index (κ1) is 18.3. The fraction of sp³-hybridized carbons (Fsp3) is 0.238. The summed E-state index contributed by atoms with van der Waals surface area (Å²) in [5, 5.41) is 5.82. The van der Waals surface area contributed by atoms with E-state index in [1.165, 1.54) is 0 Å². The lowest BCUT2D eigenvalue weighted by atomic mass is 10.1. The second kappa shape index (κ2) is 7.90. The summed E-state index contributed by atoms with van der Waals surface area (Å²) in [4.78, 5) is 34.5. The maximum absolute atomic E-state index is 12.4. The van der Waals surface area contributed by atoms with Crippen molar-refractivity contribution in [3.63, 3.8) is 0 Å². The van der Waals surface area contributed by atoms with Gasteiger partial charge in [0.15, 0.2) is 0 Å². The highest BCUT2D eigenvalue weighted by molar-refractivity contribution is 7.13. The van der Waals surface area contributed by atoms with Crippen molar-refractivity contribution < 1.29 is 9.59 Å². The Balaban J connectivity index is 1.36. The number of nitrogens with one attached hydrogen (secondary N) is 1. The first-order valence-electron chi connectivity index (χ1n) is 9.16.